The van der Waals surface area contributed by atoms with Crippen LogP contribution in [0.4, 0.5) is 0 Å². The number of aromatic nitrogens is 1. The van der Waals surface area contributed by atoms with Crippen molar-refractivity contribution in [2.45, 2.75) is 26.8 Å². The van der Waals surface area contributed by atoms with Gasteiger partial charge in [-0.2, -0.15) is 0 Å². The third-order valence-electron chi connectivity index (χ3n) is 4.19. The van der Waals surface area contributed by atoms with Crippen LogP contribution in [0.2, 0.25) is 0 Å². The fraction of sp³-hybridized carbons (Fsp3) is 0.238. The molecule has 0 aliphatic carbocycles. The van der Waals surface area contributed by atoms with Gasteiger partial charge in [-0.15, -0.1) is 11.3 Å². The molecule has 0 fully saturated rings. The van der Waals surface area contributed by atoms with E-state index in [9.17, 15) is 4.79 Å². The Morgan fingerprint density at radius 2 is 1.88 bits per heavy atom. The number of fused-ring (bicyclic) bond motifs is 1. The smallest absolute Gasteiger partial charge is 0.246 e. The van der Waals surface area contributed by atoms with Crippen molar-refractivity contribution in [1.82, 2.24) is 9.88 Å². The van der Waals surface area contributed by atoms with E-state index in [0.29, 0.717) is 6.54 Å². The van der Waals surface area contributed by atoms with Gasteiger partial charge in [0.2, 0.25) is 5.91 Å². The second-order valence-electron chi connectivity index (χ2n) is 6.16. The average Bonchev–Trinajstić information content (AvgIpc) is 3.02. The van der Waals surface area contributed by atoms with E-state index in [1.165, 1.54) is 5.56 Å². The van der Waals surface area contributed by atoms with Crippen molar-refractivity contribution in [2.24, 2.45) is 0 Å². The molecule has 0 N–H and O–H groups in total. The van der Waals surface area contributed by atoms with Crippen LogP contribution >= 0.6 is 11.3 Å². The maximum absolute atomic E-state index is 12.6. The number of likely N-dealkylation sites (N-methyl/N-ethyl adjacent to an activating group) is 1. The monoisotopic (exact) mass is 350 g/mol. The molecule has 3 nitrogen and oxygen atoms in total. The van der Waals surface area contributed by atoms with Gasteiger partial charge in [0.15, 0.2) is 0 Å². The minimum absolute atomic E-state index is 0.0108. The molecule has 0 saturated heterocycles. The molecular formula is C21H22N2OS. The van der Waals surface area contributed by atoms with Crippen molar-refractivity contribution < 1.29 is 4.79 Å². The summed E-state index contributed by atoms with van der Waals surface area (Å²) in [5, 5.41) is 0.957. The van der Waals surface area contributed by atoms with Gasteiger partial charge in [-0.1, -0.05) is 48.9 Å². The van der Waals surface area contributed by atoms with E-state index in [1.54, 1.807) is 22.3 Å². The van der Waals surface area contributed by atoms with E-state index in [-0.39, 0.29) is 5.91 Å². The third-order valence-corrected chi connectivity index (χ3v) is 5.21. The number of amides is 1. The van der Waals surface area contributed by atoms with Crippen LogP contribution in [-0.4, -0.2) is 22.8 Å². The maximum Gasteiger partial charge on any atom is 0.246 e. The first-order valence-electron chi connectivity index (χ1n) is 8.44. The summed E-state index contributed by atoms with van der Waals surface area (Å²) in [7, 11) is 1.83. The molecule has 0 bridgehead atoms. The van der Waals surface area contributed by atoms with Crippen LogP contribution < -0.4 is 0 Å². The first-order valence-corrected chi connectivity index (χ1v) is 9.25. The highest BCUT2D eigenvalue weighted by molar-refractivity contribution is 7.18. The summed E-state index contributed by atoms with van der Waals surface area (Å²) in [4.78, 5) is 18.9. The minimum Gasteiger partial charge on any atom is -0.335 e. The molecule has 0 unspecified atom stereocenters. The maximum atomic E-state index is 12.6. The predicted octanol–water partition coefficient (Wildman–Crippen LogP) is 5.06. The van der Waals surface area contributed by atoms with Crippen LogP contribution in [0, 0.1) is 6.92 Å². The molecular weight excluding hydrogens is 328 g/mol. The van der Waals surface area contributed by atoms with Crippen molar-refractivity contribution in [1.29, 1.82) is 0 Å². The number of allylic oxidation sites excluding steroid dienone is 1. The molecule has 1 amide bonds. The van der Waals surface area contributed by atoms with Gasteiger partial charge in [-0.3, -0.25) is 4.79 Å². The molecule has 0 aliphatic rings. The van der Waals surface area contributed by atoms with Crippen LogP contribution in [0.1, 0.15) is 29.5 Å². The van der Waals surface area contributed by atoms with Gasteiger partial charge in [0.05, 0.1) is 16.8 Å². The molecule has 128 valence electrons. The van der Waals surface area contributed by atoms with Crippen LogP contribution in [0.25, 0.3) is 15.8 Å². The first kappa shape index (κ1) is 17.4. The average molecular weight is 350 g/mol. The Labute approximate surface area is 152 Å². The molecule has 1 aromatic heterocycles. The van der Waals surface area contributed by atoms with Gasteiger partial charge in [-0.25, -0.2) is 4.98 Å². The number of carbonyl (C=O) groups is 1. The largest absolute Gasteiger partial charge is 0.335 e. The van der Waals surface area contributed by atoms with E-state index in [1.807, 2.05) is 25.2 Å². The lowest BCUT2D eigenvalue weighted by Crippen LogP contribution is -2.24. The predicted molar refractivity (Wildman–Crippen MR) is 106 cm³/mol. The van der Waals surface area contributed by atoms with Crippen molar-refractivity contribution in [3.63, 3.8) is 0 Å². The third kappa shape index (κ3) is 4.15. The standard InChI is InChI=1S/C21H22N2OS/c1-4-16(17-11-9-15(2)10-12-17)13-21(24)23(3)14-20-22-18-7-5-6-8-19(18)25-20/h5-13H,4,14H2,1-3H3/b16-13+. The van der Waals surface area contributed by atoms with Crippen molar-refractivity contribution in [2.75, 3.05) is 7.05 Å². The molecule has 3 rings (SSSR count). The molecule has 0 atom stereocenters. The number of aryl methyl sites for hydroxylation is 1. The Kier molecular flexibility index (Phi) is 5.29. The highest BCUT2D eigenvalue weighted by Crippen LogP contribution is 2.23. The summed E-state index contributed by atoms with van der Waals surface area (Å²) in [6.45, 7) is 4.67. The molecule has 2 aromatic carbocycles. The number of para-hydroxylation sites is 1. The molecule has 3 aromatic rings. The van der Waals surface area contributed by atoms with Crippen molar-refractivity contribution in [3.8, 4) is 0 Å². The lowest BCUT2D eigenvalue weighted by Gasteiger charge is -2.14. The Hall–Kier alpha value is -2.46. The molecule has 25 heavy (non-hydrogen) atoms. The van der Waals surface area contributed by atoms with Gasteiger partial charge >= 0.3 is 0 Å². The van der Waals surface area contributed by atoms with Gasteiger partial charge in [0, 0.05) is 13.1 Å². The van der Waals surface area contributed by atoms with E-state index >= 15 is 0 Å². The summed E-state index contributed by atoms with van der Waals surface area (Å²) in [6, 6.07) is 16.4. The summed E-state index contributed by atoms with van der Waals surface area (Å²) < 4.78 is 1.16. The summed E-state index contributed by atoms with van der Waals surface area (Å²) >= 11 is 1.64. The Bertz CT molecular complexity index is 876. The second kappa shape index (κ2) is 7.62. The SMILES string of the molecule is CC/C(=C\C(=O)N(C)Cc1nc2ccccc2s1)c1ccc(C)cc1. The number of rotatable bonds is 5. The highest BCUT2D eigenvalue weighted by Gasteiger charge is 2.12. The van der Waals surface area contributed by atoms with Gasteiger partial charge in [0.25, 0.3) is 0 Å². The fourth-order valence-corrected chi connectivity index (χ4v) is 3.71. The van der Waals surface area contributed by atoms with Crippen LogP contribution in [0.5, 0.6) is 0 Å². The highest BCUT2D eigenvalue weighted by atomic mass is 32.1. The quantitative estimate of drug-likeness (QED) is 0.603. The van der Waals surface area contributed by atoms with Crippen LogP contribution in [-0.2, 0) is 11.3 Å². The summed E-state index contributed by atoms with van der Waals surface area (Å²) in [5.74, 6) is 0.0108. The topological polar surface area (TPSA) is 33.2 Å². The van der Waals surface area contributed by atoms with E-state index in [4.69, 9.17) is 0 Å². The number of hydrogen-bond donors (Lipinski definition) is 0. The van der Waals surface area contributed by atoms with Crippen LogP contribution in [0.3, 0.4) is 0 Å². The fourth-order valence-electron chi connectivity index (χ4n) is 2.68. The van der Waals surface area contributed by atoms with Crippen LogP contribution in [0.15, 0.2) is 54.6 Å². The molecule has 1 heterocycles. The van der Waals surface area contributed by atoms with E-state index in [2.05, 4.69) is 49.2 Å². The van der Waals surface area contributed by atoms with Gasteiger partial charge in [0.1, 0.15) is 5.01 Å². The minimum atomic E-state index is 0.0108. The second-order valence-corrected chi connectivity index (χ2v) is 7.27. The zero-order valence-electron chi connectivity index (χ0n) is 14.8. The van der Waals surface area contributed by atoms with Gasteiger partial charge in [-0.05, 0) is 36.6 Å². The number of carbonyl (C=O) groups excluding carboxylic acids is 1. The Balaban J connectivity index is 1.75. The first-order chi connectivity index (χ1) is 12.1. The van der Waals surface area contributed by atoms with Crippen molar-refractivity contribution >= 4 is 33.0 Å². The number of benzene rings is 2. The summed E-state index contributed by atoms with van der Waals surface area (Å²) in [6.07, 6.45) is 2.57. The zero-order valence-corrected chi connectivity index (χ0v) is 15.6. The van der Waals surface area contributed by atoms with E-state index < -0.39 is 0 Å². The van der Waals surface area contributed by atoms with Crippen molar-refractivity contribution in [3.05, 3.63) is 70.7 Å². The number of thiazole rings is 1. The van der Waals surface area contributed by atoms with Gasteiger partial charge < -0.3 is 4.90 Å². The lowest BCUT2D eigenvalue weighted by molar-refractivity contribution is -0.125. The summed E-state index contributed by atoms with van der Waals surface area (Å²) in [5.41, 5.74) is 4.38. The Morgan fingerprint density at radius 1 is 1.16 bits per heavy atom. The molecule has 4 heteroatoms. The molecule has 0 saturated carbocycles. The molecule has 0 aliphatic heterocycles. The normalized spacial score (nSPS) is 11.7. The van der Waals surface area contributed by atoms with E-state index in [0.717, 1.165) is 32.8 Å². The lowest BCUT2D eigenvalue weighted by atomic mass is 10.0. The zero-order chi connectivity index (χ0) is 17.8. The molecule has 0 spiro atoms. The molecule has 0 radical (unpaired) electrons. The number of hydrogen-bond acceptors (Lipinski definition) is 3. The Morgan fingerprint density at radius 3 is 2.56 bits per heavy atom. The number of nitrogens with zero attached hydrogens (tertiary/aromatic N) is 2.